The molecular formula is C17H21NO. The first-order valence-electron chi connectivity index (χ1n) is 7.36. The van der Waals surface area contributed by atoms with Crippen LogP contribution < -0.4 is 5.32 Å². The highest BCUT2D eigenvalue weighted by Crippen LogP contribution is 2.35. The number of amides is 1. The second-order valence-corrected chi connectivity index (χ2v) is 5.83. The summed E-state index contributed by atoms with van der Waals surface area (Å²) in [5.74, 6) is 0.184. The van der Waals surface area contributed by atoms with Gasteiger partial charge in [0.15, 0.2) is 0 Å². The third-order valence-corrected chi connectivity index (χ3v) is 4.33. The van der Waals surface area contributed by atoms with Crippen LogP contribution in [0, 0.1) is 0 Å². The number of rotatable bonds is 1. The number of hydrogen-bond acceptors (Lipinski definition) is 1. The molecule has 2 aliphatic rings. The second kappa shape index (κ2) is 5.20. The highest BCUT2D eigenvalue weighted by Gasteiger charge is 2.34. The van der Waals surface area contributed by atoms with Crippen molar-refractivity contribution >= 4 is 11.5 Å². The smallest absolute Gasteiger partial charge is 0.225 e. The monoisotopic (exact) mass is 255 g/mol. The predicted octanol–water partition coefficient (Wildman–Crippen LogP) is 3.68. The molecule has 1 heterocycles. The standard InChI is InChI=1S/C17H21NO/c19-16-12-15(14-8-4-3-5-9-14)13-17(18-16)10-6-1-2-7-11-17/h3-5,8-9,13H,1-2,6-7,10-12H2,(H,18,19). The van der Waals surface area contributed by atoms with E-state index in [1.54, 1.807) is 0 Å². The molecule has 2 heteroatoms. The lowest BCUT2D eigenvalue weighted by atomic mass is 9.82. The molecular weight excluding hydrogens is 234 g/mol. The minimum Gasteiger partial charge on any atom is -0.347 e. The normalized spacial score (nSPS) is 22.5. The SMILES string of the molecule is O=C1CC(c2ccccc2)=CC2(CCCCCC2)N1. The first-order valence-corrected chi connectivity index (χ1v) is 7.36. The molecule has 0 aromatic heterocycles. The molecule has 0 bridgehead atoms. The molecule has 1 aromatic carbocycles. The number of hydrogen-bond donors (Lipinski definition) is 1. The van der Waals surface area contributed by atoms with E-state index in [1.165, 1.54) is 36.8 Å². The van der Waals surface area contributed by atoms with Crippen molar-refractivity contribution in [2.45, 2.75) is 50.5 Å². The minimum absolute atomic E-state index is 0.0724. The Bertz CT molecular complexity index is 481. The summed E-state index contributed by atoms with van der Waals surface area (Å²) in [7, 11) is 0. The summed E-state index contributed by atoms with van der Waals surface area (Å²) in [5, 5.41) is 3.26. The van der Waals surface area contributed by atoms with Crippen molar-refractivity contribution in [2.75, 3.05) is 0 Å². The fraction of sp³-hybridized carbons (Fsp3) is 0.471. The van der Waals surface area contributed by atoms with Gasteiger partial charge in [-0.25, -0.2) is 0 Å². The van der Waals surface area contributed by atoms with E-state index in [0.29, 0.717) is 6.42 Å². The molecule has 1 aliphatic heterocycles. The Labute approximate surface area is 114 Å². The van der Waals surface area contributed by atoms with E-state index >= 15 is 0 Å². The van der Waals surface area contributed by atoms with Crippen LogP contribution in [0.3, 0.4) is 0 Å². The van der Waals surface area contributed by atoms with Crippen LogP contribution >= 0.6 is 0 Å². The van der Waals surface area contributed by atoms with Crippen LogP contribution in [0.4, 0.5) is 0 Å². The van der Waals surface area contributed by atoms with E-state index < -0.39 is 0 Å². The van der Waals surface area contributed by atoms with Crippen molar-refractivity contribution in [1.29, 1.82) is 0 Å². The topological polar surface area (TPSA) is 29.1 Å². The van der Waals surface area contributed by atoms with E-state index in [4.69, 9.17) is 0 Å². The second-order valence-electron chi connectivity index (χ2n) is 5.83. The van der Waals surface area contributed by atoms with Crippen molar-refractivity contribution in [3.05, 3.63) is 42.0 Å². The van der Waals surface area contributed by atoms with Gasteiger partial charge < -0.3 is 5.32 Å². The minimum atomic E-state index is -0.0724. The molecule has 1 aliphatic carbocycles. The summed E-state index contributed by atoms with van der Waals surface area (Å²) in [5.41, 5.74) is 2.32. The Kier molecular flexibility index (Phi) is 3.41. The molecule has 1 N–H and O–H groups in total. The van der Waals surface area contributed by atoms with Gasteiger partial charge in [-0.3, -0.25) is 4.79 Å². The molecule has 19 heavy (non-hydrogen) atoms. The van der Waals surface area contributed by atoms with Gasteiger partial charge in [0, 0.05) is 0 Å². The Morgan fingerprint density at radius 3 is 2.32 bits per heavy atom. The van der Waals surface area contributed by atoms with Crippen molar-refractivity contribution in [2.24, 2.45) is 0 Å². The van der Waals surface area contributed by atoms with Crippen LogP contribution in [0.1, 0.15) is 50.5 Å². The van der Waals surface area contributed by atoms with Gasteiger partial charge in [-0.1, -0.05) is 62.1 Å². The molecule has 1 fully saturated rings. The van der Waals surface area contributed by atoms with Crippen molar-refractivity contribution in [1.82, 2.24) is 5.32 Å². The maximum absolute atomic E-state index is 12.1. The molecule has 1 amide bonds. The molecule has 100 valence electrons. The zero-order valence-corrected chi connectivity index (χ0v) is 11.3. The molecule has 0 unspecified atom stereocenters. The fourth-order valence-corrected chi connectivity index (χ4v) is 3.38. The van der Waals surface area contributed by atoms with Gasteiger partial charge in [-0.15, -0.1) is 0 Å². The summed E-state index contributed by atoms with van der Waals surface area (Å²) in [6.07, 6.45) is 10.1. The van der Waals surface area contributed by atoms with Gasteiger partial charge in [0.05, 0.1) is 12.0 Å². The molecule has 2 nitrogen and oxygen atoms in total. The molecule has 0 saturated heterocycles. The van der Waals surface area contributed by atoms with Crippen LogP contribution in [0.15, 0.2) is 36.4 Å². The number of carbonyl (C=O) groups is 1. The average Bonchev–Trinajstić information content (AvgIpc) is 2.64. The van der Waals surface area contributed by atoms with Gasteiger partial charge in [0.1, 0.15) is 0 Å². The van der Waals surface area contributed by atoms with Gasteiger partial charge in [-0.05, 0) is 24.0 Å². The van der Waals surface area contributed by atoms with E-state index in [-0.39, 0.29) is 11.4 Å². The summed E-state index contributed by atoms with van der Waals surface area (Å²) < 4.78 is 0. The predicted molar refractivity (Wildman–Crippen MR) is 77.6 cm³/mol. The molecule has 1 spiro atoms. The van der Waals surface area contributed by atoms with Crippen molar-refractivity contribution in [3.63, 3.8) is 0 Å². The van der Waals surface area contributed by atoms with Crippen LogP contribution in [-0.4, -0.2) is 11.4 Å². The third kappa shape index (κ3) is 2.73. The summed E-state index contributed by atoms with van der Waals surface area (Å²) in [6, 6.07) is 10.3. The van der Waals surface area contributed by atoms with E-state index in [2.05, 4.69) is 23.5 Å². The van der Waals surface area contributed by atoms with Crippen LogP contribution in [0.5, 0.6) is 0 Å². The van der Waals surface area contributed by atoms with Crippen LogP contribution in [0.2, 0.25) is 0 Å². The van der Waals surface area contributed by atoms with E-state index in [1.807, 2.05) is 18.2 Å². The zero-order chi connectivity index (χ0) is 13.1. The van der Waals surface area contributed by atoms with E-state index in [0.717, 1.165) is 12.8 Å². The lowest BCUT2D eigenvalue weighted by Gasteiger charge is -2.35. The quantitative estimate of drug-likeness (QED) is 0.815. The van der Waals surface area contributed by atoms with Crippen molar-refractivity contribution in [3.8, 4) is 0 Å². The first kappa shape index (κ1) is 12.5. The molecule has 0 atom stereocenters. The fourth-order valence-electron chi connectivity index (χ4n) is 3.38. The highest BCUT2D eigenvalue weighted by atomic mass is 16.1. The first-order chi connectivity index (χ1) is 9.27. The average molecular weight is 255 g/mol. The van der Waals surface area contributed by atoms with Crippen molar-refractivity contribution < 1.29 is 4.79 Å². The van der Waals surface area contributed by atoms with Gasteiger partial charge in [0.2, 0.25) is 5.91 Å². The summed E-state index contributed by atoms with van der Waals surface area (Å²) in [4.78, 5) is 12.1. The van der Waals surface area contributed by atoms with Gasteiger partial charge in [0.25, 0.3) is 0 Å². The lowest BCUT2D eigenvalue weighted by Crippen LogP contribution is -2.49. The van der Waals surface area contributed by atoms with Crippen LogP contribution in [0.25, 0.3) is 5.57 Å². The van der Waals surface area contributed by atoms with E-state index in [9.17, 15) is 4.79 Å². The van der Waals surface area contributed by atoms with Crippen LogP contribution in [-0.2, 0) is 4.79 Å². The number of nitrogens with one attached hydrogen (secondary N) is 1. The lowest BCUT2D eigenvalue weighted by molar-refractivity contribution is -0.122. The molecule has 1 saturated carbocycles. The summed E-state index contributed by atoms with van der Waals surface area (Å²) >= 11 is 0. The maximum atomic E-state index is 12.1. The Balaban J connectivity index is 1.95. The van der Waals surface area contributed by atoms with Gasteiger partial charge in [-0.2, -0.15) is 0 Å². The molecule has 3 rings (SSSR count). The number of carbonyl (C=O) groups excluding carboxylic acids is 1. The molecule has 1 aromatic rings. The molecule has 0 radical (unpaired) electrons. The third-order valence-electron chi connectivity index (χ3n) is 4.33. The van der Waals surface area contributed by atoms with Gasteiger partial charge >= 0.3 is 0 Å². The summed E-state index contributed by atoms with van der Waals surface area (Å²) in [6.45, 7) is 0. The Morgan fingerprint density at radius 1 is 0.947 bits per heavy atom. The highest BCUT2D eigenvalue weighted by molar-refractivity contribution is 5.92. The Morgan fingerprint density at radius 2 is 1.63 bits per heavy atom. The number of benzene rings is 1. The maximum Gasteiger partial charge on any atom is 0.225 e. The Hall–Kier alpha value is -1.57. The zero-order valence-electron chi connectivity index (χ0n) is 11.3. The largest absolute Gasteiger partial charge is 0.347 e.